The van der Waals surface area contributed by atoms with Crippen LogP contribution in [0.25, 0.3) is 10.8 Å². The zero-order valence-electron chi connectivity index (χ0n) is 9.27. The molecule has 0 atom stereocenters. The van der Waals surface area contributed by atoms with Crippen molar-refractivity contribution in [3.63, 3.8) is 0 Å². The Morgan fingerprint density at radius 2 is 1.94 bits per heavy atom. The van der Waals surface area contributed by atoms with Crippen LogP contribution in [-0.4, -0.2) is 16.0 Å². The van der Waals surface area contributed by atoms with E-state index in [0.717, 1.165) is 10.8 Å². The zero-order chi connectivity index (χ0) is 12.0. The number of anilines is 1. The molecule has 0 amide bonds. The highest BCUT2D eigenvalue weighted by Crippen LogP contribution is 2.17. The molecule has 3 N–H and O–H groups in total. The number of aromatic nitrogens is 2. The van der Waals surface area contributed by atoms with Crippen molar-refractivity contribution in [3.05, 3.63) is 30.5 Å². The van der Waals surface area contributed by atoms with Gasteiger partial charge in [0.1, 0.15) is 5.78 Å². The lowest BCUT2D eigenvalue weighted by Crippen LogP contribution is -2.09. The van der Waals surface area contributed by atoms with Gasteiger partial charge in [-0.25, -0.2) is 5.84 Å². The SMILES string of the molecule is CC(C)=O.NNc1nncc2ccccc12. The first-order valence-corrected chi connectivity index (χ1v) is 4.79. The molecule has 84 valence electrons. The summed E-state index contributed by atoms with van der Waals surface area (Å²) < 4.78 is 0. The number of benzene rings is 1. The normalized spacial score (nSPS) is 9.19. The summed E-state index contributed by atoms with van der Waals surface area (Å²) in [6.45, 7) is 3.06. The van der Waals surface area contributed by atoms with Gasteiger partial charge in [-0.2, -0.15) is 5.10 Å². The molecule has 5 nitrogen and oxygen atoms in total. The maximum Gasteiger partial charge on any atom is 0.170 e. The topological polar surface area (TPSA) is 80.9 Å². The molecule has 0 aliphatic rings. The standard InChI is InChI=1S/C8H8N4.C3H6O/c9-11-8-7-4-2-1-3-6(7)5-10-12-8;1-3(2)4/h1-5H,9H2,(H,11,12);1-2H3. The van der Waals surface area contributed by atoms with E-state index in [1.807, 2.05) is 24.3 Å². The molecule has 0 saturated carbocycles. The maximum absolute atomic E-state index is 9.44. The Labute approximate surface area is 93.6 Å². The lowest BCUT2D eigenvalue weighted by Gasteiger charge is -2.01. The second-order valence-corrected chi connectivity index (χ2v) is 3.33. The van der Waals surface area contributed by atoms with Gasteiger partial charge in [-0.15, -0.1) is 5.10 Å². The van der Waals surface area contributed by atoms with Gasteiger partial charge in [0.15, 0.2) is 5.82 Å². The number of ketones is 1. The fraction of sp³-hybridized carbons (Fsp3) is 0.182. The van der Waals surface area contributed by atoms with E-state index in [1.165, 1.54) is 13.8 Å². The van der Waals surface area contributed by atoms with Crippen molar-refractivity contribution in [2.45, 2.75) is 13.8 Å². The zero-order valence-corrected chi connectivity index (χ0v) is 9.27. The predicted molar refractivity (Wildman–Crippen MR) is 63.7 cm³/mol. The summed E-state index contributed by atoms with van der Waals surface area (Å²) >= 11 is 0. The number of nitrogens with two attached hydrogens (primary N) is 1. The van der Waals surface area contributed by atoms with Gasteiger partial charge in [-0.05, 0) is 13.8 Å². The molecule has 0 aliphatic heterocycles. The highest BCUT2D eigenvalue weighted by atomic mass is 16.1. The van der Waals surface area contributed by atoms with Gasteiger partial charge in [0, 0.05) is 10.8 Å². The Bertz CT molecular complexity index is 475. The van der Waals surface area contributed by atoms with Crippen LogP contribution >= 0.6 is 0 Å². The third-order valence-electron chi connectivity index (χ3n) is 1.71. The van der Waals surface area contributed by atoms with E-state index in [0.29, 0.717) is 5.82 Å². The fourth-order valence-corrected chi connectivity index (χ4v) is 1.13. The summed E-state index contributed by atoms with van der Waals surface area (Å²) in [7, 11) is 0. The molecule has 1 aromatic carbocycles. The number of nitrogen functional groups attached to an aromatic ring is 1. The van der Waals surface area contributed by atoms with Crippen LogP contribution in [0.4, 0.5) is 5.82 Å². The van der Waals surface area contributed by atoms with Crippen molar-refractivity contribution in [3.8, 4) is 0 Å². The highest BCUT2D eigenvalue weighted by molar-refractivity contribution is 5.90. The summed E-state index contributed by atoms with van der Waals surface area (Å²) in [5.74, 6) is 6.03. The van der Waals surface area contributed by atoms with E-state index >= 15 is 0 Å². The van der Waals surface area contributed by atoms with Crippen LogP contribution in [0.5, 0.6) is 0 Å². The minimum Gasteiger partial charge on any atom is -0.306 e. The summed E-state index contributed by atoms with van der Waals surface area (Å²) in [4.78, 5) is 9.44. The number of rotatable bonds is 1. The highest BCUT2D eigenvalue weighted by Gasteiger charge is 1.98. The molecule has 2 rings (SSSR count). The van der Waals surface area contributed by atoms with Gasteiger partial charge in [0.25, 0.3) is 0 Å². The number of fused-ring (bicyclic) bond motifs is 1. The number of nitrogens with one attached hydrogen (secondary N) is 1. The van der Waals surface area contributed by atoms with Gasteiger partial charge >= 0.3 is 0 Å². The Balaban J connectivity index is 0.000000280. The first-order valence-electron chi connectivity index (χ1n) is 4.79. The van der Waals surface area contributed by atoms with E-state index in [4.69, 9.17) is 5.84 Å². The molecule has 0 radical (unpaired) electrons. The molecule has 1 aromatic heterocycles. The third kappa shape index (κ3) is 3.29. The number of carbonyl (C=O) groups is 1. The summed E-state index contributed by atoms with van der Waals surface area (Å²) in [6.07, 6.45) is 1.70. The lowest BCUT2D eigenvalue weighted by molar-refractivity contribution is -0.114. The minimum absolute atomic E-state index is 0.167. The molecule has 5 heteroatoms. The summed E-state index contributed by atoms with van der Waals surface area (Å²) in [5.41, 5.74) is 2.50. The average molecular weight is 218 g/mol. The molecule has 16 heavy (non-hydrogen) atoms. The largest absolute Gasteiger partial charge is 0.306 e. The Kier molecular flexibility index (Phi) is 4.35. The van der Waals surface area contributed by atoms with E-state index < -0.39 is 0 Å². The van der Waals surface area contributed by atoms with E-state index in [1.54, 1.807) is 6.20 Å². The van der Waals surface area contributed by atoms with Crippen LogP contribution < -0.4 is 11.3 Å². The van der Waals surface area contributed by atoms with Gasteiger partial charge < -0.3 is 10.2 Å². The number of Topliss-reactive ketones (excluding diaryl/α,β-unsaturated/α-hetero) is 1. The van der Waals surface area contributed by atoms with Crippen molar-refractivity contribution >= 4 is 22.4 Å². The van der Waals surface area contributed by atoms with E-state index in [2.05, 4.69) is 15.6 Å². The van der Waals surface area contributed by atoms with Crippen LogP contribution in [-0.2, 0) is 4.79 Å². The Hall–Kier alpha value is -2.01. The summed E-state index contributed by atoms with van der Waals surface area (Å²) in [6, 6.07) is 7.79. The minimum atomic E-state index is 0.167. The van der Waals surface area contributed by atoms with Crippen molar-refractivity contribution < 1.29 is 4.79 Å². The maximum atomic E-state index is 9.44. The quantitative estimate of drug-likeness (QED) is 0.560. The molecular formula is C11H14N4O. The molecule has 1 heterocycles. The van der Waals surface area contributed by atoms with Gasteiger partial charge in [0.05, 0.1) is 6.20 Å². The van der Waals surface area contributed by atoms with Crippen LogP contribution in [0.3, 0.4) is 0 Å². The smallest absolute Gasteiger partial charge is 0.170 e. The molecule has 0 spiro atoms. The van der Waals surface area contributed by atoms with Crippen molar-refractivity contribution in [1.82, 2.24) is 10.2 Å². The molecule has 0 saturated heterocycles. The van der Waals surface area contributed by atoms with Gasteiger partial charge in [0.2, 0.25) is 0 Å². The molecule has 0 fully saturated rings. The monoisotopic (exact) mass is 218 g/mol. The fourth-order valence-electron chi connectivity index (χ4n) is 1.13. The lowest BCUT2D eigenvalue weighted by atomic mass is 10.2. The Morgan fingerprint density at radius 1 is 1.31 bits per heavy atom. The van der Waals surface area contributed by atoms with Crippen molar-refractivity contribution in [2.75, 3.05) is 5.43 Å². The van der Waals surface area contributed by atoms with Gasteiger partial charge in [-0.1, -0.05) is 24.3 Å². The van der Waals surface area contributed by atoms with Crippen LogP contribution in [0, 0.1) is 0 Å². The molecule has 0 aliphatic carbocycles. The molecule has 0 unspecified atom stereocenters. The second kappa shape index (κ2) is 5.77. The second-order valence-electron chi connectivity index (χ2n) is 3.33. The predicted octanol–water partition coefficient (Wildman–Crippen LogP) is 1.51. The number of hydrogen-bond donors (Lipinski definition) is 2. The Morgan fingerprint density at radius 3 is 2.56 bits per heavy atom. The van der Waals surface area contributed by atoms with Crippen LogP contribution in [0.1, 0.15) is 13.8 Å². The van der Waals surface area contributed by atoms with Crippen LogP contribution in [0.2, 0.25) is 0 Å². The molecule has 2 aromatic rings. The molecule has 0 bridgehead atoms. The van der Waals surface area contributed by atoms with Crippen molar-refractivity contribution in [2.24, 2.45) is 5.84 Å². The number of hydrogen-bond acceptors (Lipinski definition) is 5. The number of hydrazine groups is 1. The van der Waals surface area contributed by atoms with E-state index in [9.17, 15) is 4.79 Å². The third-order valence-corrected chi connectivity index (χ3v) is 1.71. The molecular weight excluding hydrogens is 204 g/mol. The van der Waals surface area contributed by atoms with Gasteiger partial charge in [-0.3, -0.25) is 0 Å². The first-order chi connectivity index (χ1) is 7.65. The number of carbonyl (C=O) groups excluding carboxylic acids is 1. The number of nitrogens with zero attached hydrogens (tertiary/aromatic N) is 2. The average Bonchev–Trinajstić information content (AvgIpc) is 2.27. The van der Waals surface area contributed by atoms with Crippen LogP contribution in [0.15, 0.2) is 30.5 Å². The van der Waals surface area contributed by atoms with Crippen molar-refractivity contribution in [1.29, 1.82) is 0 Å². The summed E-state index contributed by atoms with van der Waals surface area (Å²) in [5, 5.41) is 9.64. The first kappa shape index (κ1) is 12.1. The van der Waals surface area contributed by atoms with E-state index in [-0.39, 0.29) is 5.78 Å².